The predicted molar refractivity (Wildman–Crippen MR) is 200 cm³/mol. The number of carbonyl (C=O) groups excluding carboxylic acids is 4. The molecule has 3 saturated carbocycles. The minimum absolute atomic E-state index is 0.00799. The van der Waals surface area contributed by atoms with E-state index in [4.69, 9.17) is 27.9 Å². The highest BCUT2D eigenvalue weighted by molar-refractivity contribution is 6.30. The first-order valence-electron chi connectivity index (χ1n) is 19.1. The first kappa shape index (κ1) is 38.4. The number of aliphatic hydroxyl groups is 1. The SMILES string of the molecule is O=C(N[C@@H](CC1CCCCC1)C(=O)NC(CC1CC2(CCCCC2)NC1=O)C(O)C(=O)NC1CC1)OC(Cc1cccc(Cl)c1)c1cccc(Cl)c1. The molecule has 6 rings (SSSR count). The quantitative estimate of drug-likeness (QED) is 0.145. The van der Waals surface area contributed by atoms with Crippen molar-refractivity contribution in [3.63, 3.8) is 0 Å². The molecule has 4 unspecified atom stereocenters. The normalized spacial score (nSPS) is 22.4. The third kappa shape index (κ3) is 10.6. The summed E-state index contributed by atoms with van der Waals surface area (Å²) in [7, 11) is 0. The number of alkyl carbamates (subject to hydrolysis) is 1. The van der Waals surface area contributed by atoms with Gasteiger partial charge in [0.1, 0.15) is 12.1 Å². The molecule has 2 aromatic rings. The van der Waals surface area contributed by atoms with E-state index in [1.165, 1.54) is 0 Å². The summed E-state index contributed by atoms with van der Waals surface area (Å²) in [4.78, 5) is 54.4. The van der Waals surface area contributed by atoms with Crippen molar-refractivity contribution in [1.82, 2.24) is 21.3 Å². The minimum atomic E-state index is -1.56. The number of hydrogen-bond acceptors (Lipinski definition) is 6. The number of carbonyl (C=O) groups is 4. The van der Waals surface area contributed by atoms with Crippen LogP contribution in [0.15, 0.2) is 48.5 Å². The zero-order valence-electron chi connectivity index (χ0n) is 29.7. The molecule has 52 heavy (non-hydrogen) atoms. The fourth-order valence-corrected chi connectivity index (χ4v) is 8.80. The highest BCUT2D eigenvalue weighted by atomic mass is 35.5. The van der Waals surface area contributed by atoms with Gasteiger partial charge in [0.05, 0.1) is 6.04 Å². The second kappa shape index (κ2) is 17.7. The zero-order valence-corrected chi connectivity index (χ0v) is 31.2. The van der Waals surface area contributed by atoms with Crippen LogP contribution < -0.4 is 21.3 Å². The van der Waals surface area contributed by atoms with E-state index in [1.807, 2.05) is 24.3 Å². The maximum Gasteiger partial charge on any atom is 0.408 e. The summed E-state index contributed by atoms with van der Waals surface area (Å²) >= 11 is 12.6. The van der Waals surface area contributed by atoms with Crippen molar-refractivity contribution in [2.24, 2.45) is 11.8 Å². The monoisotopic (exact) mass is 754 g/mol. The largest absolute Gasteiger partial charge is 0.441 e. The van der Waals surface area contributed by atoms with Crippen LogP contribution in [0.2, 0.25) is 10.0 Å². The van der Waals surface area contributed by atoms with Crippen molar-refractivity contribution in [3.05, 3.63) is 69.7 Å². The molecule has 1 heterocycles. The van der Waals surface area contributed by atoms with Crippen molar-refractivity contribution in [2.75, 3.05) is 0 Å². The van der Waals surface area contributed by atoms with E-state index in [0.29, 0.717) is 34.9 Å². The standard InChI is InChI=1S/C40H52Cl2N4O6/c41-29-13-7-11-26(19-29)21-34(27-12-8-14-30(42)22-27)52-39(51)45-33(20-25-9-3-1-4-10-25)37(49)44-32(35(47)38(50)43-31-15-16-31)23-28-24-40(46-36(28)48)17-5-2-6-18-40/h7-8,11-14,19,22,25,28,31-35,47H,1-6,9-10,15-18,20-21,23-24H2,(H,43,50)(H,44,49)(H,45,51)(H,46,48)/t28?,32?,33-,34?,35?/m0/s1. The summed E-state index contributed by atoms with van der Waals surface area (Å²) in [6.45, 7) is 0. The molecule has 2 aromatic carbocycles. The third-order valence-corrected chi connectivity index (χ3v) is 11.8. The topological polar surface area (TPSA) is 146 Å². The highest BCUT2D eigenvalue weighted by Gasteiger charge is 2.46. The maximum absolute atomic E-state index is 14.2. The van der Waals surface area contributed by atoms with Crippen molar-refractivity contribution < 1.29 is 29.0 Å². The van der Waals surface area contributed by atoms with Gasteiger partial charge in [-0.1, -0.05) is 98.8 Å². The first-order chi connectivity index (χ1) is 25.1. The Balaban J connectivity index is 1.19. The van der Waals surface area contributed by atoms with Gasteiger partial charge in [-0.15, -0.1) is 0 Å². The second-order valence-electron chi connectivity index (χ2n) is 15.5. The molecule has 5 N–H and O–H groups in total. The molecule has 10 nitrogen and oxygen atoms in total. The second-order valence-corrected chi connectivity index (χ2v) is 16.4. The van der Waals surface area contributed by atoms with Crippen LogP contribution in [0.25, 0.3) is 0 Å². The van der Waals surface area contributed by atoms with E-state index in [-0.39, 0.29) is 29.8 Å². The highest BCUT2D eigenvalue weighted by Crippen LogP contribution is 2.39. The number of aliphatic hydroxyl groups excluding tert-OH is 1. The van der Waals surface area contributed by atoms with Gasteiger partial charge in [-0.05, 0) is 86.3 Å². The van der Waals surface area contributed by atoms with Crippen LogP contribution >= 0.6 is 23.2 Å². The van der Waals surface area contributed by atoms with Gasteiger partial charge in [0.2, 0.25) is 11.8 Å². The summed E-state index contributed by atoms with van der Waals surface area (Å²) in [6, 6.07) is 12.4. The van der Waals surface area contributed by atoms with E-state index >= 15 is 0 Å². The lowest BCUT2D eigenvalue weighted by molar-refractivity contribution is -0.134. The van der Waals surface area contributed by atoms with E-state index in [0.717, 1.165) is 82.6 Å². The van der Waals surface area contributed by atoms with E-state index in [9.17, 15) is 24.3 Å². The maximum atomic E-state index is 14.2. The van der Waals surface area contributed by atoms with Crippen molar-refractivity contribution in [1.29, 1.82) is 0 Å². The van der Waals surface area contributed by atoms with Gasteiger partial charge >= 0.3 is 6.09 Å². The Labute approximate surface area is 316 Å². The van der Waals surface area contributed by atoms with Crippen LogP contribution in [-0.2, 0) is 25.5 Å². The molecule has 282 valence electrons. The molecule has 5 atom stereocenters. The van der Waals surface area contributed by atoms with E-state index in [2.05, 4.69) is 21.3 Å². The third-order valence-electron chi connectivity index (χ3n) is 11.3. The Morgan fingerprint density at radius 2 is 1.56 bits per heavy atom. The molecule has 1 aliphatic heterocycles. The molecule has 4 amide bonds. The molecule has 4 aliphatic rings. The molecule has 0 radical (unpaired) electrons. The van der Waals surface area contributed by atoms with Crippen molar-refractivity contribution in [2.45, 2.75) is 139 Å². The Morgan fingerprint density at radius 3 is 2.25 bits per heavy atom. The Kier molecular flexibility index (Phi) is 13.0. The summed E-state index contributed by atoms with van der Waals surface area (Å²) in [5, 5.41) is 24.3. The van der Waals surface area contributed by atoms with E-state index in [1.54, 1.807) is 24.3 Å². The summed E-state index contributed by atoms with van der Waals surface area (Å²) < 4.78 is 6.03. The predicted octanol–water partition coefficient (Wildman–Crippen LogP) is 6.70. The molecular weight excluding hydrogens is 703 g/mol. The Morgan fingerprint density at radius 1 is 0.865 bits per heavy atom. The van der Waals surface area contributed by atoms with Gasteiger partial charge in [-0.3, -0.25) is 14.4 Å². The van der Waals surface area contributed by atoms with Gasteiger partial charge in [0.15, 0.2) is 6.10 Å². The molecule has 1 spiro atoms. The lowest BCUT2D eigenvalue weighted by Crippen LogP contribution is -2.56. The molecule has 0 aromatic heterocycles. The number of rotatable bonds is 14. The lowest BCUT2D eigenvalue weighted by Gasteiger charge is -2.33. The average molecular weight is 756 g/mol. The van der Waals surface area contributed by atoms with Gasteiger partial charge in [-0.25, -0.2) is 4.79 Å². The number of hydrogen-bond donors (Lipinski definition) is 5. The number of halogens is 2. The van der Waals surface area contributed by atoms with Gasteiger partial charge in [0, 0.05) is 34.0 Å². The first-order valence-corrected chi connectivity index (χ1v) is 19.9. The fraction of sp³-hybridized carbons (Fsp3) is 0.600. The molecule has 12 heteroatoms. The average Bonchev–Trinajstić information content (AvgIpc) is 3.89. The van der Waals surface area contributed by atoms with Crippen LogP contribution in [0, 0.1) is 11.8 Å². The molecular formula is C40H52Cl2N4O6. The molecule has 4 fully saturated rings. The van der Waals surface area contributed by atoms with E-state index < -0.39 is 48.1 Å². The number of ether oxygens (including phenoxy) is 1. The molecule has 1 saturated heterocycles. The molecule has 3 aliphatic carbocycles. The smallest absolute Gasteiger partial charge is 0.408 e. The van der Waals surface area contributed by atoms with Crippen LogP contribution in [0.1, 0.15) is 114 Å². The van der Waals surface area contributed by atoms with Crippen molar-refractivity contribution >= 4 is 47.0 Å². The van der Waals surface area contributed by atoms with Gasteiger partial charge < -0.3 is 31.1 Å². The van der Waals surface area contributed by atoms with Crippen LogP contribution in [0.5, 0.6) is 0 Å². The van der Waals surface area contributed by atoms with Crippen molar-refractivity contribution in [3.8, 4) is 0 Å². The van der Waals surface area contributed by atoms with Gasteiger partial charge in [0.25, 0.3) is 5.91 Å². The summed E-state index contributed by atoms with van der Waals surface area (Å²) in [5.74, 6) is -1.46. The van der Waals surface area contributed by atoms with Crippen LogP contribution in [-0.4, -0.2) is 58.7 Å². The Bertz CT molecular complexity index is 1570. The Hall–Kier alpha value is -3.34. The van der Waals surface area contributed by atoms with Gasteiger partial charge in [-0.2, -0.15) is 0 Å². The molecule has 0 bridgehead atoms. The number of benzene rings is 2. The number of nitrogens with one attached hydrogen (secondary N) is 4. The summed E-state index contributed by atoms with van der Waals surface area (Å²) in [6.07, 6.45) is 10.1. The summed E-state index contributed by atoms with van der Waals surface area (Å²) in [5.41, 5.74) is 1.27. The zero-order chi connectivity index (χ0) is 36.7. The number of amides is 4. The minimum Gasteiger partial charge on any atom is -0.441 e. The van der Waals surface area contributed by atoms with Crippen LogP contribution in [0.3, 0.4) is 0 Å². The lowest BCUT2D eigenvalue weighted by atomic mass is 9.78. The van der Waals surface area contributed by atoms with Crippen LogP contribution in [0.4, 0.5) is 4.79 Å². The fourth-order valence-electron chi connectivity index (χ4n) is 8.39.